The van der Waals surface area contributed by atoms with Crippen LogP contribution in [0.5, 0.6) is 5.75 Å². The summed E-state index contributed by atoms with van der Waals surface area (Å²) in [6.45, 7) is 2.51. The van der Waals surface area contributed by atoms with Crippen LogP contribution in [0.15, 0.2) is 63.8 Å². The molecule has 1 aliphatic rings. The van der Waals surface area contributed by atoms with E-state index < -0.39 is 11.9 Å². The highest BCUT2D eigenvalue weighted by Gasteiger charge is 2.24. The van der Waals surface area contributed by atoms with Crippen molar-refractivity contribution in [2.75, 3.05) is 11.9 Å². The smallest absolute Gasteiger partial charge is 0.328 e. The number of amides is 1. The van der Waals surface area contributed by atoms with Crippen LogP contribution in [-0.2, 0) is 16.0 Å². The molecule has 7 heteroatoms. The van der Waals surface area contributed by atoms with Crippen LogP contribution in [0.2, 0.25) is 0 Å². The van der Waals surface area contributed by atoms with Crippen molar-refractivity contribution in [3.8, 4) is 5.75 Å². The van der Waals surface area contributed by atoms with Crippen molar-refractivity contribution in [1.29, 1.82) is 0 Å². The molecule has 0 fully saturated rings. The van der Waals surface area contributed by atoms with E-state index in [4.69, 9.17) is 14.3 Å². The summed E-state index contributed by atoms with van der Waals surface area (Å²) >= 11 is 0. The van der Waals surface area contributed by atoms with Crippen LogP contribution in [0.4, 0.5) is 5.69 Å². The average Bonchev–Trinajstić information content (AvgIpc) is 3.15. The molecule has 0 radical (unpaired) electrons. The zero-order valence-corrected chi connectivity index (χ0v) is 17.4. The van der Waals surface area contributed by atoms with Crippen LogP contribution in [0.25, 0.3) is 22.6 Å². The number of allylic oxidation sites excluding steroid dienone is 1. The predicted molar refractivity (Wildman–Crippen MR) is 122 cm³/mol. The molecule has 3 aromatic rings. The normalized spacial score (nSPS) is 14.1. The molecule has 1 aliphatic carbocycles. The van der Waals surface area contributed by atoms with Gasteiger partial charge in [-0.1, -0.05) is 12.1 Å². The van der Waals surface area contributed by atoms with Gasteiger partial charge in [0.25, 0.3) is 0 Å². The summed E-state index contributed by atoms with van der Waals surface area (Å²) < 4.78 is 11.7. The summed E-state index contributed by atoms with van der Waals surface area (Å²) in [7, 11) is 0. The molecule has 0 bridgehead atoms. The van der Waals surface area contributed by atoms with Crippen molar-refractivity contribution >= 4 is 40.2 Å². The molecular formula is C25H21NO6. The molecule has 4 rings (SSSR count). The minimum absolute atomic E-state index is 0.0867. The Morgan fingerprint density at radius 1 is 1.16 bits per heavy atom. The number of carbonyl (C=O) groups excluding carboxylic acids is 1. The highest BCUT2D eigenvalue weighted by molar-refractivity contribution is 6.03. The molecule has 0 aliphatic heterocycles. The first-order valence-electron chi connectivity index (χ1n) is 10.2. The second-order valence-electron chi connectivity index (χ2n) is 7.29. The summed E-state index contributed by atoms with van der Waals surface area (Å²) in [5.74, 6) is -0.479. The van der Waals surface area contributed by atoms with Crippen molar-refractivity contribution < 1.29 is 23.8 Å². The third kappa shape index (κ3) is 4.46. The molecule has 1 amide bonds. The van der Waals surface area contributed by atoms with Gasteiger partial charge in [-0.3, -0.25) is 9.59 Å². The fourth-order valence-electron chi connectivity index (χ4n) is 3.70. The monoisotopic (exact) mass is 431 g/mol. The van der Waals surface area contributed by atoms with E-state index in [0.717, 1.165) is 29.0 Å². The van der Waals surface area contributed by atoms with Crippen LogP contribution in [-0.4, -0.2) is 23.6 Å². The summed E-state index contributed by atoms with van der Waals surface area (Å²) in [5.41, 5.74) is 3.18. The van der Waals surface area contributed by atoms with Gasteiger partial charge in [-0.2, -0.15) is 0 Å². The molecule has 2 aromatic carbocycles. The number of carboxylic acid groups (broad SMARTS) is 1. The summed E-state index contributed by atoms with van der Waals surface area (Å²) in [6, 6.07) is 12.5. The van der Waals surface area contributed by atoms with E-state index in [2.05, 4.69) is 5.32 Å². The van der Waals surface area contributed by atoms with Crippen LogP contribution >= 0.6 is 0 Å². The van der Waals surface area contributed by atoms with Crippen LogP contribution in [0.3, 0.4) is 0 Å². The third-order valence-corrected chi connectivity index (χ3v) is 5.08. The van der Waals surface area contributed by atoms with Gasteiger partial charge in [-0.25, -0.2) is 4.79 Å². The lowest BCUT2D eigenvalue weighted by atomic mass is 10.1. The van der Waals surface area contributed by atoms with Gasteiger partial charge in [0.15, 0.2) is 5.43 Å². The van der Waals surface area contributed by atoms with Crippen LogP contribution in [0.1, 0.15) is 30.2 Å². The molecule has 32 heavy (non-hydrogen) atoms. The van der Waals surface area contributed by atoms with Crippen LogP contribution < -0.4 is 15.5 Å². The molecule has 0 unspecified atom stereocenters. The molecule has 0 atom stereocenters. The third-order valence-electron chi connectivity index (χ3n) is 5.08. The van der Waals surface area contributed by atoms with Gasteiger partial charge in [-0.15, -0.1) is 0 Å². The Balaban J connectivity index is 1.69. The maximum atomic E-state index is 13.0. The van der Waals surface area contributed by atoms with Crippen molar-refractivity contribution in [1.82, 2.24) is 0 Å². The average molecular weight is 431 g/mol. The Kier molecular flexibility index (Phi) is 5.89. The first kappa shape index (κ1) is 21.1. The van der Waals surface area contributed by atoms with Crippen LogP contribution in [0, 0.1) is 0 Å². The number of carbonyl (C=O) groups is 2. The highest BCUT2D eigenvalue weighted by atomic mass is 16.5. The van der Waals surface area contributed by atoms with E-state index in [9.17, 15) is 14.4 Å². The van der Waals surface area contributed by atoms with E-state index >= 15 is 0 Å². The highest BCUT2D eigenvalue weighted by Crippen LogP contribution is 2.35. The molecule has 162 valence electrons. The Labute approximate surface area is 183 Å². The molecule has 7 nitrogen and oxygen atoms in total. The number of nitrogens with one attached hydrogen (secondary N) is 1. The number of carboxylic acids is 1. The lowest BCUT2D eigenvalue weighted by Gasteiger charge is -2.07. The first-order valence-corrected chi connectivity index (χ1v) is 10.2. The van der Waals surface area contributed by atoms with Gasteiger partial charge >= 0.3 is 5.97 Å². The number of hydrogen-bond acceptors (Lipinski definition) is 5. The Hall–Kier alpha value is -4.13. The number of hydrogen-bond donors (Lipinski definition) is 2. The van der Waals surface area contributed by atoms with E-state index in [0.29, 0.717) is 47.4 Å². The fourth-order valence-corrected chi connectivity index (χ4v) is 3.70. The SMILES string of the molecule is CCOc1cccc(C=C2CCc3c2oc2cc(NC(=O)/C=C\C(=O)O)ccc2c3=O)c1. The molecular weight excluding hydrogens is 410 g/mol. The summed E-state index contributed by atoms with van der Waals surface area (Å²) in [4.78, 5) is 35.4. The molecule has 0 saturated carbocycles. The summed E-state index contributed by atoms with van der Waals surface area (Å²) in [6.07, 6.45) is 4.95. The van der Waals surface area contributed by atoms with Crippen molar-refractivity contribution in [3.63, 3.8) is 0 Å². The number of anilines is 1. The van der Waals surface area contributed by atoms with E-state index in [1.54, 1.807) is 18.2 Å². The minimum atomic E-state index is -1.22. The molecule has 2 N–H and O–H groups in total. The van der Waals surface area contributed by atoms with Crippen molar-refractivity contribution in [2.45, 2.75) is 19.8 Å². The van der Waals surface area contributed by atoms with Gasteiger partial charge in [0.05, 0.1) is 12.0 Å². The zero-order valence-electron chi connectivity index (χ0n) is 17.4. The van der Waals surface area contributed by atoms with Gasteiger partial charge in [0.1, 0.15) is 17.1 Å². The maximum Gasteiger partial charge on any atom is 0.328 e. The van der Waals surface area contributed by atoms with Gasteiger partial charge in [-0.05, 0) is 61.2 Å². The second-order valence-corrected chi connectivity index (χ2v) is 7.29. The lowest BCUT2D eigenvalue weighted by molar-refractivity contribution is -0.131. The Bertz CT molecular complexity index is 1330. The fraction of sp³-hybridized carbons (Fsp3) is 0.160. The van der Waals surface area contributed by atoms with Gasteiger partial charge in [0.2, 0.25) is 5.91 Å². The van der Waals surface area contributed by atoms with E-state index in [-0.39, 0.29) is 5.43 Å². The second kappa shape index (κ2) is 8.93. The predicted octanol–water partition coefficient (Wildman–Crippen LogP) is 4.26. The number of rotatable bonds is 6. The van der Waals surface area contributed by atoms with Crippen molar-refractivity contribution in [3.05, 3.63) is 81.7 Å². The summed E-state index contributed by atoms with van der Waals surface area (Å²) in [5, 5.41) is 11.6. The standard InChI is InChI=1S/C25H21NO6/c1-2-31-18-5-3-4-15(13-18)12-16-6-8-20-24(30)19-9-7-17(14-21(19)32-25(16)20)26-22(27)10-11-23(28)29/h3-5,7,9-14H,2,6,8H2,1H3,(H,26,27)(H,28,29)/b11-10-,16-12?. The maximum absolute atomic E-state index is 13.0. The van der Waals surface area contributed by atoms with Gasteiger partial charge in [0, 0.05) is 29.5 Å². The largest absolute Gasteiger partial charge is 0.494 e. The Morgan fingerprint density at radius 2 is 2.00 bits per heavy atom. The number of aliphatic carboxylic acids is 1. The number of ether oxygens (including phenoxy) is 1. The first-order chi connectivity index (χ1) is 15.4. The van der Waals surface area contributed by atoms with Gasteiger partial charge < -0.3 is 19.6 Å². The quantitative estimate of drug-likeness (QED) is 0.565. The van der Waals surface area contributed by atoms with E-state index in [1.165, 1.54) is 0 Å². The number of benzene rings is 2. The lowest BCUT2D eigenvalue weighted by Crippen LogP contribution is -2.11. The van der Waals surface area contributed by atoms with Crippen molar-refractivity contribution in [2.24, 2.45) is 0 Å². The zero-order chi connectivity index (χ0) is 22.7. The Morgan fingerprint density at radius 3 is 2.78 bits per heavy atom. The molecule has 1 aromatic heterocycles. The molecule has 0 spiro atoms. The topological polar surface area (TPSA) is 106 Å². The van der Waals surface area contributed by atoms with E-state index in [1.807, 2.05) is 37.3 Å². The minimum Gasteiger partial charge on any atom is -0.494 e. The number of fused-ring (bicyclic) bond motifs is 2. The molecule has 0 saturated heterocycles. The molecule has 1 heterocycles.